The Bertz CT molecular complexity index is 1090. The molecule has 3 aliphatic carbocycles. The standard InChI is InChI=1S/C27H30N2O6/c30-24(31)9-11-34-12-10-28-25(32)27-14-17(27)13-18(15-27)29-26(33)35-16-23-21-7-3-1-5-19(21)20-6-2-4-8-22(20)23/h1-8,17-18,23H,9-16H2,(H,28,32)(H,29,33)(H,30,31)/t17-,18+,27+/m1/s1. The molecule has 0 radical (unpaired) electrons. The van der Waals surface area contributed by atoms with Gasteiger partial charge >= 0.3 is 12.1 Å². The molecule has 2 fully saturated rings. The van der Waals surface area contributed by atoms with Gasteiger partial charge in [-0.25, -0.2) is 4.79 Å². The number of carboxylic acids is 1. The van der Waals surface area contributed by atoms with Crippen LogP contribution in [0, 0.1) is 11.3 Å². The number of carboxylic acid groups (broad SMARTS) is 1. The molecule has 2 aromatic rings. The van der Waals surface area contributed by atoms with E-state index < -0.39 is 17.5 Å². The summed E-state index contributed by atoms with van der Waals surface area (Å²) in [6.07, 6.45) is 1.71. The highest BCUT2D eigenvalue weighted by Crippen LogP contribution is 2.63. The summed E-state index contributed by atoms with van der Waals surface area (Å²) in [5, 5.41) is 14.5. The SMILES string of the molecule is O=C(O)CCOCCNC(=O)[C@@]12C[C@@H](NC(=O)OCC3c4ccccc4-c4ccccc43)C[C@@H]1C2. The topological polar surface area (TPSA) is 114 Å². The quantitative estimate of drug-likeness (QED) is 0.452. The van der Waals surface area contributed by atoms with Gasteiger partial charge in [-0.1, -0.05) is 48.5 Å². The molecular weight excluding hydrogens is 448 g/mol. The van der Waals surface area contributed by atoms with Crippen molar-refractivity contribution in [3.63, 3.8) is 0 Å². The largest absolute Gasteiger partial charge is 0.481 e. The van der Waals surface area contributed by atoms with Crippen LogP contribution in [-0.4, -0.2) is 55.5 Å². The molecule has 8 nitrogen and oxygen atoms in total. The van der Waals surface area contributed by atoms with Crippen LogP contribution in [0.4, 0.5) is 4.79 Å². The van der Waals surface area contributed by atoms with Gasteiger partial charge in [0.25, 0.3) is 0 Å². The van der Waals surface area contributed by atoms with Gasteiger partial charge in [-0.15, -0.1) is 0 Å². The molecule has 2 amide bonds. The molecule has 0 aromatic heterocycles. The van der Waals surface area contributed by atoms with E-state index >= 15 is 0 Å². The highest BCUT2D eigenvalue weighted by Gasteiger charge is 2.65. The third-order valence-electron chi connectivity index (χ3n) is 7.52. The van der Waals surface area contributed by atoms with Crippen LogP contribution in [0.5, 0.6) is 0 Å². The number of aliphatic carboxylic acids is 1. The Labute approximate surface area is 204 Å². The molecule has 184 valence electrons. The summed E-state index contributed by atoms with van der Waals surface area (Å²) < 4.78 is 10.9. The number of amides is 2. The minimum Gasteiger partial charge on any atom is -0.481 e. The van der Waals surface area contributed by atoms with Gasteiger partial charge < -0.3 is 25.2 Å². The van der Waals surface area contributed by atoms with Crippen LogP contribution in [0.25, 0.3) is 11.1 Å². The van der Waals surface area contributed by atoms with E-state index in [-0.39, 0.29) is 50.0 Å². The van der Waals surface area contributed by atoms with E-state index in [0.29, 0.717) is 13.0 Å². The van der Waals surface area contributed by atoms with Crippen LogP contribution in [0.3, 0.4) is 0 Å². The van der Waals surface area contributed by atoms with Gasteiger partial charge in [-0.2, -0.15) is 0 Å². The molecule has 8 heteroatoms. The van der Waals surface area contributed by atoms with Gasteiger partial charge in [-0.05, 0) is 47.4 Å². The predicted octanol–water partition coefficient (Wildman–Crippen LogP) is 3.30. The molecule has 3 atom stereocenters. The van der Waals surface area contributed by atoms with Gasteiger partial charge in [0.2, 0.25) is 5.91 Å². The molecule has 0 saturated heterocycles. The number of benzene rings is 2. The lowest BCUT2D eigenvalue weighted by Gasteiger charge is -2.19. The maximum Gasteiger partial charge on any atom is 0.407 e. The molecule has 0 bridgehead atoms. The van der Waals surface area contributed by atoms with E-state index in [1.54, 1.807) is 0 Å². The van der Waals surface area contributed by atoms with Crippen molar-refractivity contribution < 1.29 is 29.0 Å². The summed E-state index contributed by atoms with van der Waals surface area (Å²) in [6, 6.07) is 16.4. The predicted molar refractivity (Wildman–Crippen MR) is 128 cm³/mol. The molecule has 2 saturated carbocycles. The van der Waals surface area contributed by atoms with Crippen LogP contribution >= 0.6 is 0 Å². The summed E-state index contributed by atoms with van der Waals surface area (Å²) in [6.45, 7) is 1.02. The number of hydrogen-bond acceptors (Lipinski definition) is 5. The van der Waals surface area contributed by atoms with Crippen LogP contribution in [0.1, 0.15) is 42.7 Å². The monoisotopic (exact) mass is 478 g/mol. The summed E-state index contributed by atoms with van der Waals surface area (Å²) in [5.74, 6) is -0.634. The number of alkyl carbamates (subject to hydrolysis) is 1. The van der Waals surface area contributed by atoms with E-state index in [0.717, 1.165) is 12.8 Å². The number of nitrogens with one attached hydrogen (secondary N) is 2. The fraction of sp³-hybridized carbons (Fsp3) is 0.444. The third kappa shape index (κ3) is 4.75. The Hall–Kier alpha value is -3.39. The molecule has 0 heterocycles. The van der Waals surface area contributed by atoms with E-state index in [1.165, 1.54) is 22.3 Å². The van der Waals surface area contributed by atoms with Crippen LogP contribution in [0.15, 0.2) is 48.5 Å². The second-order valence-electron chi connectivity index (χ2n) is 9.68. The fourth-order valence-electron chi connectivity index (χ4n) is 5.77. The Morgan fingerprint density at radius 1 is 0.971 bits per heavy atom. The zero-order chi connectivity index (χ0) is 24.4. The third-order valence-corrected chi connectivity index (χ3v) is 7.52. The maximum atomic E-state index is 12.7. The van der Waals surface area contributed by atoms with E-state index in [1.807, 2.05) is 24.3 Å². The van der Waals surface area contributed by atoms with Crippen molar-refractivity contribution in [2.75, 3.05) is 26.4 Å². The molecular formula is C27H30N2O6. The number of carbonyl (C=O) groups is 3. The number of rotatable bonds is 10. The van der Waals surface area contributed by atoms with Crippen molar-refractivity contribution in [3.05, 3.63) is 59.7 Å². The fourth-order valence-corrected chi connectivity index (χ4v) is 5.77. The first-order valence-corrected chi connectivity index (χ1v) is 12.2. The summed E-state index contributed by atoms with van der Waals surface area (Å²) >= 11 is 0. The van der Waals surface area contributed by atoms with Crippen molar-refractivity contribution in [1.82, 2.24) is 10.6 Å². The second kappa shape index (κ2) is 9.70. The van der Waals surface area contributed by atoms with Crippen molar-refractivity contribution in [2.45, 2.75) is 37.6 Å². The summed E-state index contributed by atoms with van der Waals surface area (Å²) in [5.41, 5.74) is 4.31. The van der Waals surface area contributed by atoms with E-state index in [4.69, 9.17) is 14.6 Å². The number of fused-ring (bicyclic) bond motifs is 4. The van der Waals surface area contributed by atoms with Crippen molar-refractivity contribution >= 4 is 18.0 Å². The number of ether oxygens (including phenoxy) is 2. The smallest absolute Gasteiger partial charge is 0.407 e. The highest BCUT2D eigenvalue weighted by molar-refractivity contribution is 5.87. The summed E-state index contributed by atoms with van der Waals surface area (Å²) in [4.78, 5) is 35.8. The molecule has 3 N–H and O–H groups in total. The zero-order valence-corrected chi connectivity index (χ0v) is 19.5. The average molecular weight is 479 g/mol. The maximum absolute atomic E-state index is 12.7. The molecule has 0 unspecified atom stereocenters. The molecule has 2 aromatic carbocycles. The lowest BCUT2D eigenvalue weighted by atomic mass is 9.98. The zero-order valence-electron chi connectivity index (χ0n) is 19.5. The first-order chi connectivity index (χ1) is 17.0. The normalized spacial score (nSPS) is 23.7. The Kier molecular flexibility index (Phi) is 6.47. The van der Waals surface area contributed by atoms with Gasteiger partial charge in [0.05, 0.1) is 25.0 Å². The summed E-state index contributed by atoms with van der Waals surface area (Å²) in [7, 11) is 0. The first-order valence-electron chi connectivity index (χ1n) is 12.2. The lowest BCUT2D eigenvalue weighted by Crippen LogP contribution is -2.39. The second-order valence-corrected chi connectivity index (χ2v) is 9.68. The lowest BCUT2D eigenvalue weighted by molar-refractivity contribution is -0.138. The Morgan fingerprint density at radius 3 is 2.34 bits per heavy atom. The Balaban J connectivity index is 1.08. The average Bonchev–Trinajstić information content (AvgIpc) is 3.27. The molecule has 35 heavy (non-hydrogen) atoms. The van der Waals surface area contributed by atoms with Crippen molar-refractivity contribution in [2.24, 2.45) is 11.3 Å². The Morgan fingerprint density at radius 2 is 1.66 bits per heavy atom. The highest BCUT2D eigenvalue weighted by atomic mass is 16.5. The molecule has 3 aliphatic rings. The number of carbonyl (C=O) groups excluding carboxylic acids is 2. The van der Waals surface area contributed by atoms with Gasteiger partial charge in [0.1, 0.15) is 6.61 Å². The van der Waals surface area contributed by atoms with E-state index in [2.05, 4.69) is 34.9 Å². The van der Waals surface area contributed by atoms with Gasteiger partial charge in [0.15, 0.2) is 0 Å². The van der Waals surface area contributed by atoms with Gasteiger partial charge in [0, 0.05) is 18.5 Å². The molecule has 5 rings (SSSR count). The molecule has 0 aliphatic heterocycles. The minimum absolute atomic E-state index is 0.0128. The van der Waals surface area contributed by atoms with Crippen molar-refractivity contribution in [1.29, 1.82) is 0 Å². The van der Waals surface area contributed by atoms with Gasteiger partial charge in [-0.3, -0.25) is 9.59 Å². The minimum atomic E-state index is -0.908. The van der Waals surface area contributed by atoms with Crippen molar-refractivity contribution in [3.8, 4) is 11.1 Å². The number of hydrogen-bond donors (Lipinski definition) is 3. The van der Waals surface area contributed by atoms with Crippen LogP contribution in [-0.2, 0) is 19.1 Å². The van der Waals surface area contributed by atoms with Crippen LogP contribution in [0.2, 0.25) is 0 Å². The first kappa shape index (κ1) is 23.4. The van der Waals surface area contributed by atoms with Crippen LogP contribution < -0.4 is 10.6 Å². The van der Waals surface area contributed by atoms with E-state index in [9.17, 15) is 14.4 Å². The molecule has 0 spiro atoms.